The molecule has 0 fully saturated rings. The zero-order valence-corrected chi connectivity index (χ0v) is 8.80. The number of carboxylic acid groups (broad SMARTS) is 1. The van der Waals surface area contributed by atoms with Gasteiger partial charge in [0.15, 0.2) is 0 Å². The Morgan fingerprint density at radius 3 is 2.88 bits per heavy atom. The molecule has 1 aliphatic rings. The molecular formula is C12H11NO3. The van der Waals surface area contributed by atoms with Crippen LogP contribution in [0.2, 0.25) is 0 Å². The van der Waals surface area contributed by atoms with E-state index in [0.717, 1.165) is 11.1 Å². The Balaban J connectivity index is 1.92. The molecule has 0 spiro atoms. The lowest BCUT2D eigenvalue weighted by atomic mass is 10.1. The molecule has 1 N–H and O–H groups in total. The van der Waals surface area contributed by atoms with E-state index in [4.69, 9.17) is 9.84 Å². The first-order valence-electron chi connectivity index (χ1n) is 4.87. The van der Waals surface area contributed by atoms with Crippen molar-refractivity contribution in [1.29, 1.82) is 0 Å². The highest BCUT2D eigenvalue weighted by atomic mass is 16.5. The van der Waals surface area contributed by atoms with Crippen molar-refractivity contribution in [2.75, 3.05) is 0 Å². The Morgan fingerprint density at radius 1 is 1.50 bits per heavy atom. The second kappa shape index (κ2) is 4.18. The van der Waals surface area contributed by atoms with Crippen LogP contribution < -0.4 is 0 Å². The van der Waals surface area contributed by atoms with Crippen LogP contribution in [-0.4, -0.2) is 17.0 Å². The van der Waals surface area contributed by atoms with Crippen molar-refractivity contribution >= 4 is 11.9 Å². The fraction of sp³-hybridized carbons (Fsp3) is 0.167. The van der Waals surface area contributed by atoms with Gasteiger partial charge in [-0.2, -0.15) is 0 Å². The van der Waals surface area contributed by atoms with Gasteiger partial charge in [0.2, 0.25) is 5.90 Å². The minimum Gasteiger partial charge on any atom is -0.477 e. The highest BCUT2D eigenvalue weighted by Crippen LogP contribution is 2.14. The summed E-state index contributed by atoms with van der Waals surface area (Å²) < 4.78 is 5.29. The van der Waals surface area contributed by atoms with Crippen LogP contribution in [0.1, 0.15) is 11.1 Å². The van der Waals surface area contributed by atoms with Gasteiger partial charge in [-0.05, 0) is 12.5 Å². The zero-order valence-electron chi connectivity index (χ0n) is 8.80. The molecule has 1 heterocycles. The molecule has 0 unspecified atom stereocenters. The second-order valence-electron chi connectivity index (χ2n) is 3.56. The van der Waals surface area contributed by atoms with Gasteiger partial charge in [0.1, 0.15) is 12.2 Å². The van der Waals surface area contributed by atoms with Crippen LogP contribution in [0.5, 0.6) is 0 Å². The van der Waals surface area contributed by atoms with Crippen LogP contribution in [-0.2, 0) is 16.1 Å². The summed E-state index contributed by atoms with van der Waals surface area (Å²) in [5.41, 5.74) is 2.28. The van der Waals surface area contributed by atoms with Crippen molar-refractivity contribution in [3.8, 4) is 0 Å². The predicted octanol–water partition coefficient (Wildman–Crippen LogP) is 1.89. The SMILES string of the molecule is Cc1cccc(COC2=NC=C2C(=O)O)c1. The van der Waals surface area contributed by atoms with Crippen molar-refractivity contribution in [1.82, 2.24) is 0 Å². The Bertz CT molecular complexity index is 489. The lowest BCUT2D eigenvalue weighted by molar-refractivity contribution is -0.132. The molecule has 0 saturated heterocycles. The number of hydrogen-bond acceptors (Lipinski definition) is 3. The summed E-state index contributed by atoms with van der Waals surface area (Å²) in [7, 11) is 0. The number of carbonyl (C=O) groups is 1. The van der Waals surface area contributed by atoms with Gasteiger partial charge in [-0.15, -0.1) is 0 Å². The molecule has 1 aromatic carbocycles. The third-order valence-electron chi connectivity index (χ3n) is 2.23. The molecule has 4 heteroatoms. The molecule has 4 nitrogen and oxygen atoms in total. The van der Waals surface area contributed by atoms with E-state index in [9.17, 15) is 4.79 Å². The number of nitrogens with zero attached hydrogens (tertiary/aromatic N) is 1. The third kappa shape index (κ3) is 2.11. The van der Waals surface area contributed by atoms with Crippen molar-refractivity contribution in [2.45, 2.75) is 13.5 Å². The van der Waals surface area contributed by atoms with Gasteiger partial charge >= 0.3 is 5.97 Å². The van der Waals surface area contributed by atoms with Gasteiger partial charge in [-0.25, -0.2) is 9.79 Å². The van der Waals surface area contributed by atoms with E-state index in [0.29, 0.717) is 6.61 Å². The maximum Gasteiger partial charge on any atom is 0.342 e. The first-order valence-corrected chi connectivity index (χ1v) is 4.87. The van der Waals surface area contributed by atoms with Gasteiger partial charge in [-0.1, -0.05) is 29.8 Å². The summed E-state index contributed by atoms with van der Waals surface area (Å²) in [6.45, 7) is 2.33. The van der Waals surface area contributed by atoms with Crippen molar-refractivity contribution in [3.05, 3.63) is 47.2 Å². The van der Waals surface area contributed by atoms with Crippen LogP contribution in [0.15, 0.2) is 41.0 Å². The van der Waals surface area contributed by atoms with Gasteiger partial charge < -0.3 is 9.84 Å². The first-order chi connectivity index (χ1) is 7.66. The minimum atomic E-state index is -1.01. The van der Waals surface area contributed by atoms with Crippen LogP contribution in [0.25, 0.3) is 0 Å². The quantitative estimate of drug-likeness (QED) is 0.841. The number of aryl methyl sites for hydroxylation is 1. The average molecular weight is 217 g/mol. The van der Waals surface area contributed by atoms with Crippen molar-refractivity contribution in [3.63, 3.8) is 0 Å². The average Bonchev–Trinajstić information content (AvgIpc) is 2.15. The fourth-order valence-electron chi connectivity index (χ4n) is 1.40. The largest absolute Gasteiger partial charge is 0.477 e. The number of aliphatic imine (C=N–C) groups is 1. The lowest BCUT2D eigenvalue weighted by Gasteiger charge is -2.13. The summed E-state index contributed by atoms with van der Waals surface area (Å²) in [6, 6.07) is 7.84. The van der Waals surface area contributed by atoms with E-state index in [2.05, 4.69) is 4.99 Å². The summed E-state index contributed by atoms with van der Waals surface area (Å²) in [6.07, 6.45) is 1.29. The monoisotopic (exact) mass is 217 g/mol. The minimum absolute atomic E-state index is 0.132. The van der Waals surface area contributed by atoms with Gasteiger partial charge in [0.05, 0.1) is 6.20 Å². The highest BCUT2D eigenvalue weighted by molar-refractivity contribution is 6.19. The topological polar surface area (TPSA) is 58.9 Å². The molecule has 0 aliphatic carbocycles. The Labute approximate surface area is 92.9 Å². The molecule has 0 atom stereocenters. The molecule has 16 heavy (non-hydrogen) atoms. The van der Waals surface area contributed by atoms with Crippen molar-refractivity contribution in [2.24, 2.45) is 4.99 Å². The predicted molar refractivity (Wildman–Crippen MR) is 59.1 cm³/mol. The number of hydrogen-bond donors (Lipinski definition) is 1. The van der Waals surface area contributed by atoms with Gasteiger partial charge in [0, 0.05) is 0 Å². The lowest BCUT2D eigenvalue weighted by Crippen LogP contribution is -2.20. The summed E-state index contributed by atoms with van der Waals surface area (Å²) in [5, 5.41) is 8.72. The highest BCUT2D eigenvalue weighted by Gasteiger charge is 2.22. The smallest absolute Gasteiger partial charge is 0.342 e. The van der Waals surface area contributed by atoms with Crippen LogP contribution in [0.4, 0.5) is 0 Å². The van der Waals surface area contributed by atoms with Gasteiger partial charge in [0.25, 0.3) is 0 Å². The molecule has 0 saturated carbocycles. The Morgan fingerprint density at radius 2 is 2.31 bits per heavy atom. The van der Waals surface area contributed by atoms with Crippen LogP contribution >= 0.6 is 0 Å². The van der Waals surface area contributed by atoms with E-state index in [1.807, 2.05) is 31.2 Å². The number of carboxylic acids is 1. The number of aliphatic carboxylic acids is 1. The normalized spacial score (nSPS) is 13.6. The van der Waals surface area contributed by atoms with E-state index in [1.165, 1.54) is 6.20 Å². The number of ether oxygens (including phenoxy) is 1. The van der Waals surface area contributed by atoms with Gasteiger partial charge in [-0.3, -0.25) is 0 Å². The van der Waals surface area contributed by atoms with Crippen LogP contribution in [0.3, 0.4) is 0 Å². The summed E-state index contributed by atoms with van der Waals surface area (Å²) in [5.74, 6) is -0.803. The third-order valence-corrected chi connectivity index (χ3v) is 2.23. The molecule has 0 amide bonds. The van der Waals surface area contributed by atoms with E-state index < -0.39 is 5.97 Å². The van der Waals surface area contributed by atoms with E-state index in [-0.39, 0.29) is 11.5 Å². The standard InChI is InChI=1S/C12H11NO3/c1-8-3-2-4-9(5-8)7-16-11-10(6-13-11)12(14)15/h2-6H,7H2,1H3,(H,14,15). The summed E-state index contributed by atoms with van der Waals surface area (Å²) >= 11 is 0. The first kappa shape index (κ1) is 10.4. The second-order valence-corrected chi connectivity index (χ2v) is 3.56. The number of benzene rings is 1. The summed E-state index contributed by atoms with van der Waals surface area (Å²) in [4.78, 5) is 14.4. The zero-order chi connectivity index (χ0) is 11.5. The molecular weight excluding hydrogens is 206 g/mol. The van der Waals surface area contributed by atoms with E-state index >= 15 is 0 Å². The molecule has 1 aromatic rings. The maximum absolute atomic E-state index is 10.6. The van der Waals surface area contributed by atoms with E-state index in [1.54, 1.807) is 0 Å². The molecule has 0 bridgehead atoms. The fourth-order valence-corrected chi connectivity index (χ4v) is 1.40. The van der Waals surface area contributed by atoms with Crippen molar-refractivity contribution < 1.29 is 14.6 Å². The van der Waals surface area contributed by atoms with Crippen LogP contribution in [0, 0.1) is 6.92 Å². The Hall–Kier alpha value is -2.10. The molecule has 0 aromatic heterocycles. The maximum atomic E-state index is 10.6. The number of rotatable bonds is 3. The molecule has 2 rings (SSSR count). The Kier molecular flexibility index (Phi) is 2.72. The molecule has 82 valence electrons. The molecule has 1 aliphatic heterocycles. The molecule has 0 radical (unpaired) electrons.